The van der Waals surface area contributed by atoms with E-state index in [9.17, 15) is 28.0 Å². The highest BCUT2D eigenvalue weighted by atomic mass is 19.4. The van der Waals surface area contributed by atoms with Crippen LogP contribution >= 0.6 is 0 Å². The number of halogens is 5. The molecule has 374 valence electrons. The molecule has 6 atom stereocenters. The number of fused-ring (bicyclic) bond motifs is 2. The number of carbonyl (C=O) groups excluding carboxylic acids is 2. The number of anilines is 4. The molecule has 6 aromatic heterocycles. The molecule has 0 spiro atoms. The van der Waals surface area contributed by atoms with E-state index >= 15 is 8.78 Å². The zero-order chi connectivity index (χ0) is 49.4. The zero-order valence-corrected chi connectivity index (χ0v) is 38.4. The Balaban J connectivity index is 0.894. The quantitative estimate of drug-likeness (QED) is 0.0452. The summed E-state index contributed by atoms with van der Waals surface area (Å²) in [6, 6.07) is 8.28. The molecule has 6 aliphatic carbocycles. The van der Waals surface area contributed by atoms with Gasteiger partial charge in [-0.3, -0.25) is 9.84 Å². The van der Waals surface area contributed by atoms with Crippen LogP contribution in [0.25, 0.3) is 11.2 Å². The Morgan fingerprint density at radius 2 is 1.72 bits per heavy atom. The summed E-state index contributed by atoms with van der Waals surface area (Å²) in [6.07, 6.45) is -2.78. The molecule has 0 aliphatic heterocycles. The van der Waals surface area contributed by atoms with Gasteiger partial charge in [-0.2, -0.15) is 25.1 Å². The largest absolute Gasteiger partial charge is 0.522 e. The average Bonchev–Trinajstić information content (AvgIpc) is 3.99. The summed E-state index contributed by atoms with van der Waals surface area (Å²) in [5.41, 5.74) is 1.93. The Morgan fingerprint density at radius 1 is 0.930 bits per heavy atom. The summed E-state index contributed by atoms with van der Waals surface area (Å²) in [6.45, 7) is 1.11. The molecule has 6 heterocycles. The first-order chi connectivity index (χ1) is 34.0. The first-order valence-electron chi connectivity index (χ1n) is 23.3. The first-order valence-corrected chi connectivity index (χ1v) is 23.3. The number of carbonyl (C=O) groups is 2. The van der Waals surface area contributed by atoms with E-state index in [0.29, 0.717) is 53.0 Å². The van der Waals surface area contributed by atoms with Gasteiger partial charge in [-0.15, -0.1) is 13.2 Å². The average molecular weight is 991 g/mol. The number of nitrogens with one attached hydrogen (secondary N) is 6. The van der Waals surface area contributed by atoms with Crippen molar-refractivity contribution in [3.63, 3.8) is 0 Å². The zero-order valence-electron chi connectivity index (χ0n) is 38.4. The standard InChI is InChI=1S/C45H48F5N15O6/c1-43(5-6-43)57-41(66)70-33-4-3-28(38(33)47)31-11-35(60-59-31)55-39-32-9-25(21-69-45(48,49)50)61-64(32)18-26(53-39)19-65-37(56-40-54-24(16-51)10-36-52-27(20-68-2)17-63(36)40)12-30(62-65)23-7-29(46)34(8-23)71-42(67)58-44-13-22(14-44)15-44/h9-12,17-18,22-23,28-29,33-34,38H,3-8,13-15,19-21H2,1-2H3,(H5,52,53,54,55,56,57,58,59,60,61,62,66,67)/p+1/t22?,23-,28+,29+,33+,34-,38-,44?/m0/s1. The van der Waals surface area contributed by atoms with Gasteiger partial charge in [0.25, 0.3) is 0 Å². The lowest BCUT2D eigenvalue weighted by atomic mass is 9.50. The van der Waals surface area contributed by atoms with E-state index in [0.717, 1.165) is 32.1 Å². The van der Waals surface area contributed by atoms with Crippen LogP contribution < -0.4 is 25.9 Å². The summed E-state index contributed by atoms with van der Waals surface area (Å²) < 4.78 is 96.2. The number of imidazole rings is 1. The second-order valence-corrected chi connectivity index (χ2v) is 19.7. The molecule has 0 radical (unpaired) electrons. The number of alkyl halides is 5. The second-order valence-electron chi connectivity index (χ2n) is 19.7. The van der Waals surface area contributed by atoms with Crippen LogP contribution in [0.2, 0.25) is 0 Å². The number of nitrogens with zero attached hydrogens (tertiary/aromatic N) is 9. The number of rotatable bonds is 16. The summed E-state index contributed by atoms with van der Waals surface area (Å²) in [5, 5.41) is 37.0. The summed E-state index contributed by atoms with van der Waals surface area (Å²) in [4.78, 5) is 39.3. The molecule has 26 heteroatoms. The van der Waals surface area contributed by atoms with Gasteiger partial charge in [-0.05, 0) is 76.7 Å². The van der Waals surface area contributed by atoms with Crippen LogP contribution in [-0.4, -0.2) is 106 Å². The van der Waals surface area contributed by atoms with Crippen LogP contribution in [0, 0.1) is 17.2 Å². The van der Waals surface area contributed by atoms with Crippen LogP contribution in [0.15, 0.2) is 36.7 Å². The van der Waals surface area contributed by atoms with Crippen LogP contribution in [0.1, 0.15) is 111 Å². The first kappa shape index (κ1) is 46.3. The van der Waals surface area contributed by atoms with Crippen LogP contribution in [-0.2, 0) is 38.7 Å². The van der Waals surface area contributed by atoms with Gasteiger partial charge in [0.15, 0.2) is 18.2 Å². The van der Waals surface area contributed by atoms with Crippen molar-refractivity contribution in [3.8, 4) is 6.07 Å². The van der Waals surface area contributed by atoms with Gasteiger partial charge < -0.3 is 30.2 Å². The number of aromatic amines is 2. The Bertz CT molecular complexity index is 3050. The van der Waals surface area contributed by atoms with Crippen LogP contribution in [0.5, 0.6) is 0 Å². The summed E-state index contributed by atoms with van der Waals surface area (Å²) in [7, 11) is 1.52. The number of H-pyrrole nitrogens is 2. The number of aromatic nitrogens is 10. The molecule has 0 saturated heterocycles. The van der Waals surface area contributed by atoms with E-state index in [1.807, 2.05) is 6.92 Å². The van der Waals surface area contributed by atoms with Crippen molar-refractivity contribution in [2.45, 2.75) is 138 Å². The van der Waals surface area contributed by atoms with Crippen molar-refractivity contribution in [2.24, 2.45) is 5.92 Å². The lowest BCUT2D eigenvalue weighted by Crippen LogP contribution is -2.68. The molecule has 6 aliphatic rings. The maximum atomic E-state index is 15.8. The fourth-order valence-electron chi connectivity index (χ4n) is 10.2. The Morgan fingerprint density at radius 3 is 2.45 bits per heavy atom. The van der Waals surface area contributed by atoms with Gasteiger partial charge in [0, 0.05) is 54.0 Å². The van der Waals surface area contributed by atoms with Gasteiger partial charge in [0.05, 0.1) is 36.0 Å². The van der Waals surface area contributed by atoms with Crippen molar-refractivity contribution in [1.29, 1.82) is 5.26 Å². The topological polar surface area (TPSA) is 252 Å². The molecular formula is C45H49F5N15O6+. The second kappa shape index (κ2) is 17.6. The minimum atomic E-state index is -4.93. The minimum absolute atomic E-state index is 0.0337. The summed E-state index contributed by atoms with van der Waals surface area (Å²) >= 11 is 0. The molecular weight excluding hydrogens is 942 g/mol. The van der Waals surface area contributed by atoms with Gasteiger partial charge in [-0.25, -0.2) is 47.7 Å². The SMILES string of the molecule is COCc1cn2c(Nc3cc([C@H]4C[C@@H](F)[C@@H](OC(=O)NC56CC(C5)C6)C4)[nH][n+]3Cc3cn4nc(COC(F)(F)F)cc4c(Nc4cc([C@H]5CC[C@@H](OC(=O)NC6(C)CC6)[C@H]5F)[nH]n4)n3)nc(C#N)cc2n1. The molecule has 0 unspecified atom stereocenters. The minimum Gasteiger partial charge on any atom is -0.443 e. The predicted molar refractivity (Wildman–Crippen MR) is 236 cm³/mol. The number of alkyl carbamates (subject to hydrolysis) is 2. The third-order valence-corrected chi connectivity index (χ3v) is 14.2. The van der Waals surface area contributed by atoms with Gasteiger partial charge in [-0.1, -0.05) is 0 Å². The van der Waals surface area contributed by atoms with Gasteiger partial charge in [0.1, 0.15) is 59.8 Å². The normalized spacial score (nSPS) is 26.1. The van der Waals surface area contributed by atoms with E-state index in [1.54, 1.807) is 27.4 Å². The monoisotopic (exact) mass is 990 g/mol. The molecule has 21 nitrogen and oxygen atoms in total. The number of amides is 2. The third kappa shape index (κ3) is 9.58. The van der Waals surface area contributed by atoms with Crippen LogP contribution in [0.3, 0.4) is 0 Å². The van der Waals surface area contributed by atoms with Crippen molar-refractivity contribution in [1.82, 2.24) is 54.9 Å². The Kier molecular flexibility index (Phi) is 11.5. The highest BCUT2D eigenvalue weighted by molar-refractivity contribution is 5.73. The van der Waals surface area contributed by atoms with E-state index < -0.39 is 61.5 Å². The number of methoxy groups -OCH3 is 1. The van der Waals surface area contributed by atoms with E-state index in [2.05, 4.69) is 62.4 Å². The number of nitriles is 1. The molecule has 71 heavy (non-hydrogen) atoms. The molecule has 12 rings (SSSR count). The van der Waals surface area contributed by atoms with Crippen LogP contribution in [0.4, 0.5) is 54.9 Å². The smallest absolute Gasteiger partial charge is 0.443 e. The maximum absolute atomic E-state index is 15.8. The van der Waals surface area contributed by atoms with Crippen molar-refractivity contribution in [2.75, 3.05) is 17.7 Å². The summed E-state index contributed by atoms with van der Waals surface area (Å²) in [5.74, 6) is 0.383. The third-order valence-electron chi connectivity index (χ3n) is 14.2. The number of ether oxygens (including phenoxy) is 4. The number of hydrogen-bond acceptors (Lipinski definition) is 14. The molecule has 6 fully saturated rings. The molecule has 0 aromatic carbocycles. The predicted octanol–water partition coefficient (Wildman–Crippen LogP) is 6.43. The maximum Gasteiger partial charge on any atom is 0.522 e. The Labute approximate surface area is 400 Å². The fourth-order valence-corrected chi connectivity index (χ4v) is 10.2. The molecule has 2 bridgehead atoms. The van der Waals surface area contributed by atoms with E-state index in [1.165, 1.54) is 30.0 Å². The van der Waals surface area contributed by atoms with Crippen molar-refractivity contribution < 1.29 is 55.2 Å². The molecule has 2 amide bonds. The highest BCUT2D eigenvalue weighted by Crippen LogP contribution is 2.57. The lowest BCUT2D eigenvalue weighted by molar-refractivity contribution is -0.730. The van der Waals surface area contributed by atoms with E-state index in [-0.39, 0.29) is 71.6 Å². The van der Waals surface area contributed by atoms with Crippen molar-refractivity contribution >= 4 is 46.8 Å². The van der Waals surface area contributed by atoms with Gasteiger partial charge in [0.2, 0.25) is 0 Å². The van der Waals surface area contributed by atoms with E-state index in [4.69, 9.17) is 19.2 Å². The molecule has 6 aromatic rings. The Hall–Kier alpha value is -7.14. The fraction of sp³-hybridized carbons (Fsp3) is 0.533. The molecule has 6 saturated carbocycles. The van der Waals surface area contributed by atoms with Gasteiger partial charge >= 0.3 is 30.3 Å². The number of hydrogen-bond donors (Lipinski definition) is 6. The van der Waals surface area contributed by atoms with Crippen molar-refractivity contribution in [3.05, 3.63) is 70.8 Å². The lowest BCUT2D eigenvalue weighted by Gasteiger charge is -2.61. The molecule has 6 N–H and O–H groups in total. The highest BCUT2D eigenvalue weighted by Gasteiger charge is 2.58.